The molecule has 1 atom stereocenters. The van der Waals surface area contributed by atoms with Crippen LogP contribution in [0.2, 0.25) is 0 Å². The van der Waals surface area contributed by atoms with Crippen LogP contribution in [0.15, 0.2) is 24.3 Å². The Labute approximate surface area is 127 Å². The Kier molecular flexibility index (Phi) is 6.06. The summed E-state index contributed by atoms with van der Waals surface area (Å²) in [5.41, 5.74) is 0.200. The van der Waals surface area contributed by atoms with Crippen molar-refractivity contribution < 1.29 is 14.6 Å². The second kappa shape index (κ2) is 7.34. The summed E-state index contributed by atoms with van der Waals surface area (Å²) in [7, 11) is 0. The molecule has 4 heteroatoms. The molecule has 1 N–H and O–H groups in total. The molecule has 1 rings (SSSR count). The van der Waals surface area contributed by atoms with Gasteiger partial charge in [0.15, 0.2) is 0 Å². The SMILES string of the molecule is CCCC(C)N(Cc1ccccc1O)C(=O)OC(C)(C)C. The normalized spacial score (nSPS) is 12.8. The van der Waals surface area contributed by atoms with Crippen molar-refractivity contribution >= 4 is 6.09 Å². The van der Waals surface area contributed by atoms with Gasteiger partial charge >= 0.3 is 6.09 Å². The Hall–Kier alpha value is -1.71. The molecule has 0 saturated heterocycles. The van der Waals surface area contributed by atoms with Crippen LogP contribution in [0.5, 0.6) is 5.75 Å². The number of benzene rings is 1. The Morgan fingerprint density at radius 2 is 1.95 bits per heavy atom. The van der Waals surface area contributed by atoms with Crippen LogP contribution in [-0.4, -0.2) is 27.7 Å². The maximum atomic E-state index is 12.4. The van der Waals surface area contributed by atoms with Crippen molar-refractivity contribution in [2.75, 3.05) is 0 Å². The van der Waals surface area contributed by atoms with Crippen molar-refractivity contribution in [1.82, 2.24) is 4.90 Å². The molecule has 0 aromatic heterocycles. The van der Waals surface area contributed by atoms with Crippen LogP contribution in [0.1, 0.15) is 53.0 Å². The number of phenolic OH excluding ortho intramolecular Hbond substituents is 1. The van der Waals surface area contributed by atoms with Gasteiger partial charge in [-0.25, -0.2) is 4.79 Å². The molecule has 0 aliphatic rings. The van der Waals surface area contributed by atoms with E-state index in [9.17, 15) is 9.90 Å². The monoisotopic (exact) mass is 293 g/mol. The summed E-state index contributed by atoms with van der Waals surface area (Å²) in [5, 5.41) is 9.91. The summed E-state index contributed by atoms with van der Waals surface area (Å²) in [6, 6.07) is 7.14. The van der Waals surface area contributed by atoms with Crippen LogP contribution in [0.4, 0.5) is 4.79 Å². The maximum Gasteiger partial charge on any atom is 0.410 e. The summed E-state index contributed by atoms with van der Waals surface area (Å²) in [4.78, 5) is 14.1. The van der Waals surface area contributed by atoms with Crippen molar-refractivity contribution in [1.29, 1.82) is 0 Å². The quantitative estimate of drug-likeness (QED) is 0.879. The zero-order valence-corrected chi connectivity index (χ0v) is 13.7. The first-order valence-corrected chi connectivity index (χ1v) is 7.51. The number of hydrogen-bond acceptors (Lipinski definition) is 3. The molecule has 1 aromatic rings. The summed E-state index contributed by atoms with van der Waals surface area (Å²) in [6.45, 7) is 10.0. The van der Waals surface area contributed by atoms with E-state index in [0.717, 1.165) is 18.4 Å². The lowest BCUT2D eigenvalue weighted by Crippen LogP contribution is -2.41. The van der Waals surface area contributed by atoms with Gasteiger partial charge in [-0.15, -0.1) is 0 Å². The Morgan fingerprint density at radius 3 is 2.48 bits per heavy atom. The highest BCUT2D eigenvalue weighted by Gasteiger charge is 2.26. The number of nitrogens with zero attached hydrogens (tertiary/aromatic N) is 1. The molecule has 1 amide bonds. The maximum absolute atomic E-state index is 12.4. The minimum absolute atomic E-state index is 0.0597. The van der Waals surface area contributed by atoms with E-state index in [1.807, 2.05) is 39.8 Å². The lowest BCUT2D eigenvalue weighted by molar-refractivity contribution is 0.0146. The van der Waals surface area contributed by atoms with Gasteiger partial charge in [-0.2, -0.15) is 0 Å². The number of para-hydroxylation sites is 1. The molecule has 0 saturated carbocycles. The zero-order valence-electron chi connectivity index (χ0n) is 13.7. The third kappa shape index (κ3) is 5.66. The number of aromatic hydroxyl groups is 1. The molecule has 1 aromatic carbocycles. The second-order valence-electron chi connectivity index (χ2n) is 6.37. The Morgan fingerprint density at radius 1 is 1.33 bits per heavy atom. The molecule has 1 unspecified atom stereocenters. The van der Waals surface area contributed by atoms with Crippen LogP contribution >= 0.6 is 0 Å². The van der Waals surface area contributed by atoms with Gasteiger partial charge in [0.25, 0.3) is 0 Å². The van der Waals surface area contributed by atoms with Crippen molar-refractivity contribution in [3.8, 4) is 5.75 Å². The molecule has 118 valence electrons. The summed E-state index contributed by atoms with van der Waals surface area (Å²) < 4.78 is 5.48. The molecule has 0 spiro atoms. The predicted octanol–water partition coefficient (Wildman–Crippen LogP) is 4.32. The number of amides is 1. The van der Waals surface area contributed by atoms with Gasteiger partial charge in [0.05, 0.1) is 6.54 Å². The number of rotatable bonds is 5. The lowest BCUT2D eigenvalue weighted by Gasteiger charge is -2.32. The van der Waals surface area contributed by atoms with Crippen molar-refractivity contribution in [2.24, 2.45) is 0 Å². The van der Waals surface area contributed by atoms with Gasteiger partial charge in [-0.05, 0) is 40.2 Å². The van der Waals surface area contributed by atoms with Crippen LogP contribution < -0.4 is 0 Å². The van der Waals surface area contributed by atoms with Crippen LogP contribution in [0, 0.1) is 0 Å². The van der Waals surface area contributed by atoms with E-state index in [4.69, 9.17) is 4.74 Å². The van der Waals surface area contributed by atoms with Crippen LogP contribution in [0.3, 0.4) is 0 Å². The van der Waals surface area contributed by atoms with E-state index in [1.165, 1.54) is 0 Å². The number of hydrogen-bond donors (Lipinski definition) is 1. The highest BCUT2D eigenvalue weighted by Crippen LogP contribution is 2.22. The molecule has 0 radical (unpaired) electrons. The van der Waals surface area contributed by atoms with Gasteiger partial charge in [0.1, 0.15) is 11.4 Å². The summed E-state index contributed by atoms with van der Waals surface area (Å²) >= 11 is 0. The van der Waals surface area contributed by atoms with Gasteiger partial charge in [-0.3, -0.25) is 0 Å². The van der Waals surface area contributed by atoms with E-state index >= 15 is 0 Å². The standard InChI is InChI=1S/C17H27NO3/c1-6-9-13(2)18(16(20)21-17(3,4)5)12-14-10-7-8-11-15(14)19/h7-8,10-11,13,19H,6,9,12H2,1-5H3. The van der Waals surface area contributed by atoms with Crippen LogP contribution in [0.25, 0.3) is 0 Å². The second-order valence-corrected chi connectivity index (χ2v) is 6.37. The fourth-order valence-electron chi connectivity index (χ4n) is 2.12. The molecule has 0 heterocycles. The molecule has 0 aliphatic heterocycles. The largest absolute Gasteiger partial charge is 0.508 e. The lowest BCUT2D eigenvalue weighted by atomic mass is 10.1. The number of phenols is 1. The number of ether oxygens (including phenoxy) is 1. The topological polar surface area (TPSA) is 49.8 Å². The molecule has 4 nitrogen and oxygen atoms in total. The first-order valence-electron chi connectivity index (χ1n) is 7.51. The molecular weight excluding hydrogens is 266 g/mol. The average molecular weight is 293 g/mol. The fourth-order valence-corrected chi connectivity index (χ4v) is 2.12. The van der Waals surface area contributed by atoms with E-state index in [-0.39, 0.29) is 17.9 Å². The molecule has 0 fully saturated rings. The number of carbonyl (C=O) groups excluding carboxylic acids is 1. The van der Waals surface area contributed by atoms with E-state index in [0.29, 0.717) is 6.54 Å². The van der Waals surface area contributed by atoms with Crippen molar-refractivity contribution in [2.45, 2.75) is 65.6 Å². The Balaban J connectivity index is 2.92. The molecule has 21 heavy (non-hydrogen) atoms. The summed E-state index contributed by atoms with van der Waals surface area (Å²) in [6.07, 6.45) is 1.54. The van der Waals surface area contributed by atoms with Crippen molar-refractivity contribution in [3.05, 3.63) is 29.8 Å². The fraction of sp³-hybridized carbons (Fsp3) is 0.588. The number of carbonyl (C=O) groups is 1. The van der Waals surface area contributed by atoms with Crippen molar-refractivity contribution in [3.63, 3.8) is 0 Å². The minimum Gasteiger partial charge on any atom is -0.508 e. The molecular formula is C17H27NO3. The average Bonchev–Trinajstić information content (AvgIpc) is 2.35. The van der Waals surface area contributed by atoms with Crippen LogP contribution in [-0.2, 0) is 11.3 Å². The van der Waals surface area contributed by atoms with Gasteiger partial charge in [-0.1, -0.05) is 31.5 Å². The van der Waals surface area contributed by atoms with Gasteiger partial charge < -0.3 is 14.7 Å². The first-order chi connectivity index (χ1) is 9.74. The van der Waals surface area contributed by atoms with E-state index < -0.39 is 5.60 Å². The smallest absolute Gasteiger partial charge is 0.410 e. The van der Waals surface area contributed by atoms with Gasteiger partial charge in [0.2, 0.25) is 0 Å². The molecule has 0 bridgehead atoms. The summed E-state index contributed by atoms with van der Waals surface area (Å²) in [5.74, 6) is 0.203. The zero-order chi connectivity index (χ0) is 16.0. The Bertz CT molecular complexity index is 465. The highest BCUT2D eigenvalue weighted by molar-refractivity contribution is 5.68. The van der Waals surface area contributed by atoms with E-state index in [1.54, 1.807) is 17.0 Å². The highest BCUT2D eigenvalue weighted by atomic mass is 16.6. The molecule has 0 aliphatic carbocycles. The van der Waals surface area contributed by atoms with E-state index in [2.05, 4.69) is 6.92 Å². The first kappa shape index (κ1) is 17.3. The predicted molar refractivity (Wildman–Crippen MR) is 84.3 cm³/mol. The van der Waals surface area contributed by atoms with Gasteiger partial charge in [0, 0.05) is 11.6 Å². The minimum atomic E-state index is -0.528. The third-order valence-electron chi connectivity index (χ3n) is 3.20. The third-order valence-corrected chi connectivity index (χ3v) is 3.20.